The Kier molecular flexibility index (Phi) is 5.01. The molecule has 0 unspecified atom stereocenters. The lowest BCUT2D eigenvalue weighted by Gasteiger charge is -2.54. The molecular formula is C28H22Cl2N2O4. The van der Waals surface area contributed by atoms with Crippen molar-refractivity contribution in [3.05, 3.63) is 95.1 Å². The summed E-state index contributed by atoms with van der Waals surface area (Å²) in [6.07, 6.45) is 0. The number of nitrogens with zero attached hydrogens (tertiary/aromatic N) is 1. The smallest absolute Gasteiger partial charge is 0.247 e. The molecule has 8 heteroatoms. The number of rotatable bonds is 4. The molecule has 3 aromatic rings. The number of carbonyl (C=O) groups excluding carboxylic acids is 3. The third-order valence-electron chi connectivity index (χ3n) is 7.72. The molecule has 7 rings (SSSR count). The zero-order valence-corrected chi connectivity index (χ0v) is 21.0. The Morgan fingerprint density at radius 2 is 1.33 bits per heavy atom. The molecule has 1 aliphatic heterocycles. The number of hydrogen-bond acceptors (Lipinski definition) is 4. The van der Waals surface area contributed by atoms with Crippen LogP contribution in [0, 0.1) is 11.8 Å². The van der Waals surface area contributed by atoms with E-state index in [1.54, 1.807) is 24.3 Å². The lowest BCUT2D eigenvalue weighted by atomic mass is 9.54. The van der Waals surface area contributed by atoms with E-state index in [9.17, 15) is 14.4 Å². The largest absolute Gasteiger partial charge is 0.497 e. The van der Waals surface area contributed by atoms with Crippen LogP contribution in [0.5, 0.6) is 5.75 Å². The zero-order chi connectivity index (χ0) is 25.4. The van der Waals surface area contributed by atoms with Gasteiger partial charge in [-0.3, -0.25) is 19.3 Å². The highest BCUT2D eigenvalue weighted by molar-refractivity contribution is 6.36. The maximum atomic E-state index is 14.0. The topological polar surface area (TPSA) is 75.7 Å². The first-order chi connectivity index (χ1) is 17.2. The molecule has 3 aromatic carbocycles. The highest BCUT2D eigenvalue weighted by Crippen LogP contribution is 2.69. The average Bonchev–Trinajstić information content (AvgIpc) is 3.17. The fourth-order valence-electron chi connectivity index (χ4n) is 6.14. The summed E-state index contributed by atoms with van der Waals surface area (Å²) in [6.45, 7) is 1.53. The van der Waals surface area contributed by atoms with Gasteiger partial charge in [0.1, 0.15) is 21.5 Å². The Morgan fingerprint density at radius 1 is 0.861 bits per heavy atom. The Bertz CT molecular complexity index is 1330. The second-order valence-electron chi connectivity index (χ2n) is 9.41. The summed E-state index contributed by atoms with van der Waals surface area (Å²) in [6, 6.07) is 20.6. The van der Waals surface area contributed by atoms with E-state index >= 15 is 0 Å². The Labute approximate surface area is 218 Å². The van der Waals surface area contributed by atoms with Crippen molar-refractivity contribution in [2.24, 2.45) is 11.8 Å². The number of methoxy groups -OCH3 is 1. The first-order valence-corrected chi connectivity index (χ1v) is 12.4. The van der Waals surface area contributed by atoms with Crippen LogP contribution in [0.15, 0.2) is 72.8 Å². The number of carbonyl (C=O) groups is 3. The van der Waals surface area contributed by atoms with Crippen LogP contribution in [0.1, 0.15) is 29.2 Å². The standard InChI is InChI=1S/C28H22Cl2N2O4/c1-15(24(33)31-16-8-7-9-17(14-16)36-2)32-25(34)22-23(26(32)35)28(30)19-11-4-3-10-18(19)27(22,29)20-12-5-6-13-21(20)28/h3-15,22-23H,1-2H3,(H,31,33)/t15-,22-,23+,27?,28?/m0/s1. The Hall–Kier alpha value is -3.35. The maximum Gasteiger partial charge on any atom is 0.247 e. The van der Waals surface area contributed by atoms with Crippen LogP contribution in [0.4, 0.5) is 5.69 Å². The molecule has 1 N–H and O–H groups in total. The number of hydrogen-bond donors (Lipinski definition) is 1. The highest BCUT2D eigenvalue weighted by atomic mass is 35.5. The van der Waals surface area contributed by atoms with Crippen LogP contribution >= 0.6 is 23.2 Å². The second kappa shape index (κ2) is 7.82. The first-order valence-electron chi connectivity index (χ1n) is 11.6. The highest BCUT2D eigenvalue weighted by Gasteiger charge is 2.73. The summed E-state index contributed by atoms with van der Waals surface area (Å²) in [7, 11) is 1.53. The van der Waals surface area contributed by atoms with Gasteiger partial charge in [0.15, 0.2) is 0 Å². The molecule has 182 valence electrons. The monoisotopic (exact) mass is 520 g/mol. The van der Waals surface area contributed by atoms with Crippen molar-refractivity contribution < 1.29 is 19.1 Å². The van der Waals surface area contributed by atoms with Crippen LogP contribution in [0.25, 0.3) is 0 Å². The SMILES string of the molecule is COc1cccc(NC(=O)[C@H](C)N2C(=O)[C@@H]3[C@H](C2=O)C2(Cl)c4ccccc4C3(Cl)c3ccccc32)c1. The van der Waals surface area contributed by atoms with Crippen molar-refractivity contribution in [3.8, 4) is 5.75 Å². The van der Waals surface area contributed by atoms with Crippen LogP contribution in [0.3, 0.4) is 0 Å². The van der Waals surface area contributed by atoms with Crippen molar-refractivity contribution in [3.63, 3.8) is 0 Å². The summed E-state index contributed by atoms with van der Waals surface area (Å²) in [5.41, 5.74) is 3.37. The summed E-state index contributed by atoms with van der Waals surface area (Å²) in [5.74, 6) is -2.81. The number of imide groups is 1. The average molecular weight is 521 g/mol. The van der Waals surface area contributed by atoms with Gasteiger partial charge in [0, 0.05) is 11.8 Å². The quantitative estimate of drug-likeness (QED) is 0.402. The summed E-state index contributed by atoms with van der Waals surface area (Å²) < 4.78 is 5.21. The van der Waals surface area contributed by atoms with Gasteiger partial charge < -0.3 is 10.1 Å². The molecule has 0 radical (unpaired) electrons. The number of nitrogens with one attached hydrogen (secondary N) is 1. The van der Waals surface area contributed by atoms with Crippen molar-refractivity contribution in [2.75, 3.05) is 12.4 Å². The third kappa shape index (κ3) is 2.77. The van der Waals surface area contributed by atoms with E-state index in [2.05, 4.69) is 5.32 Å². The minimum Gasteiger partial charge on any atom is -0.497 e. The van der Waals surface area contributed by atoms with Gasteiger partial charge in [0.05, 0.1) is 18.9 Å². The van der Waals surface area contributed by atoms with Gasteiger partial charge in [-0.25, -0.2) is 0 Å². The molecule has 1 heterocycles. The predicted molar refractivity (Wildman–Crippen MR) is 136 cm³/mol. The molecule has 0 aromatic heterocycles. The van der Waals surface area contributed by atoms with E-state index in [1.165, 1.54) is 14.0 Å². The van der Waals surface area contributed by atoms with Crippen molar-refractivity contribution in [1.29, 1.82) is 0 Å². The van der Waals surface area contributed by atoms with Crippen LogP contribution < -0.4 is 10.1 Å². The molecule has 2 bridgehead atoms. The molecule has 0 spiro atoms. The summed E-state index contributed by atoms with van der Waals surface area (Å²) >= 11 is 14.8. The molecular weight excluding hydrogens is 499 g/mol. The number of amides is 3. The number of alkyl halides is 2. The van der Waals surface area contributed by atoms with E-state index < -0.39 is 45.3 Å². The Morgan fingerprint density at radius 3 is 1.78 bits per heavy atom. The molecule has 6 nitrogen and oxygen atoms in total. The maximum absolute atomic E-state index is 14.0. The molecule has 0 saturated carbocycles. The van der Waals surface area contributed by atoms with Gasteiger partial charge in [-0.05, 0) is 41.3 Å². The zero-order valence-electron chi connectivity index (χ0n) is 19.5. The first kappa shape index (κ1) is 23.1. The number of halogens is 2. The minimum absolute atomic E-state index is 0.491. The molecule has 36 heavy (non-hydrogen) atoms. The van der Waals surface area contributed by atoms with Gasteiger partial charge in [-0.1, -0.05) is 54.6 Å². The number of anilines is 1. The molecule has 3 atom stereocenters. The lowest BCUT2D eigenvalue weighted by Crippen LogP contribution is -2.57. The van der Waals surface area contributed by atoms with E-state index in [0.29, 0.717) is 11.4 Å². The predicted octanol–water partition coefficient (Wildman–Crippen LogP) is 4.62. The van der Waals surface area contributed by atoms with Crippen LogP contribution in [-0.2, 0) is 24.1 Å². The third-order valence-corrected chi connectivity index (χ3v) is 9.01. The molecule has 1 saturated heterocycles. The molecule has 3 aliphatic carbocycles. The van der Waals surface area contributed by atoms with E-state index in [-0.39, 0.29) is 0 Å². The van der Waals surface area contributed by atoms with Crippen LogP contribution in [0.2, 0.25) is 0 Å². The van der Waals surface area contributed by atoms with Gasteiger partial charge in [0.25, 0.3) is 0 Å². The lowest BCUT2D eigenvalue weighted by molar-refractivity contribution is -0.146. The van der Waals surface area contributed by atoms with Crippen molar-refractivity contribution in [1.82, 2.24) is 4.90 Å². The molecule has 1 fully saturated rings. The Balaban J connectivity index is 1.43. The number of likely N-dealkylation sites (tertiary alicyclic amines) is 1. The fourth-order valence-corrected chi connectivity index (χ4v) is 7.23. The van der Waals surface area contributed by atoms with Crippen molar-refractivity contribution >= 4 is 46.6 Å². The van der Waals surface area contributed by atoms with Crippen LogP contribution in [-0.4, -0.2) is 35.8 Å². The fraction of sp³-hybridized carbons (Fsp3) is 0.250. The van der Waals surface area contributed by atoms with Gasteiger partial charge in [-0.2, -0.15) is 0 Å². The van der Waals surface area contributed by atoms with E-state index in [1.807, 2.05) is 48.5 Å². The number of benzene rings is 3. The van der Waals surface area contributed by atoms with E-state index in [4.69, 9.17) is 27.9 Å². The van der Waals surface area contributed by atoms with Gasteiger partial charge >= 0.3 is 0 Å². The summed E-state index contributed by atoms with van der Waals surface area (Å²) in [5, 5.41) is 2.78. The summed E-state index contributed by atoms with van der Waals surface area (Å²) in [4.78, 5) is 39.6. The minimum atomic E-state index is -1.28. The molecule has 4 aliphatic rings. The van der Waals surface area contributed by atoms with Gasteiger partial charge in [-0.15, -0.1) is 23.2 Å². The number of ether oxygens (including phenoxy) is 1. The molecule has 3 amide bonds. The van der Waals surface area contributed by atoms with Gasteiger partial charge in [0.2, 0.25) is 17.7 Å². The van der Waals surface area contributed by atoms with E-state index in [0.717, 1.165) is 27.2 Å². The second-order valence-corrected chi connectivity index (χ2v) is 10.6. The normalized spacial score (nSPS) is 28.3. The van der Waals surface area contributed by atoms with Crippen molar-refractivity contribution in [2.45, 2.75) is 22.7 Å².